The van der Waals surface area contributed by atoms with Crippen molar-refractivity contribution in [2.75, 3.05) is 5.43 Å². The molecule has 0 aromatic heterocycles. The van der Waals surface area contributed by atoms with E-state index in [2.05, 4.69) is 10.5 Å². The molecule has 0 amide bonds. The fourth-order valence-electron chi connectivity index (χ4n) is 1.65. The molecular weight excluding hydrogens is 292 g/mol. The van der Waals surface area contributed by atoms with E-state index in [0.717, 1.165) is 0 Å². The lowest BCUT2D eigenvalue weighted by atomic mass is 10.1. The molecule has 0 bridgehead atoms. The molecule has 2 N–H and O–H groups in total. The van der Waals surface area contributed by atoms with Crippen LogP contribution in [0.2, 0.25) is 0 Å². The Bertz CT molecular complexity index is 905. The van der Waals surface area contributed by atoms with Crippen LogP contribution in [-0.4, -0.2) is 18.7 Å². The van der Waals surface area contributed by atoms with Gasteiger partial charge in [0.15, 0.2) is 0 Å². The quantitative estimate of drug-likeness (QED) is 0.506. The van der Waals surface area contributed by atoms with Crippen molar-refractivity contribution in [3.05, 3.63) is 36.4 Å². The molecule has 2 aromatic carbocycles. The zero-order valence-electron chi connectivity index (χ0n) is 10.5. The largest absolute Gasteiger partial charge is 0.294 e. The predicted molar refractivity (Wildman–Crippen MR) is 76.0 cm³/mol. The van der Waals surface area contributed by atoms with Gasteiger partial charge in [0.05, 0.1) is 10.6 Å². The summed E-state index contributed by atoms with van der Waals surface area (Å²) in [6, 6.07) is 12.3. The molecule has 0 saturated carbocycles. The second-order valence-corrected chi connectivity index (χ2v) is 5.42. The Kier molecular flexibility index (Phi) is 3.85. The molecule has 0 atom stereocenters. The van der Waals surface area contributed by atoms with Crippen molar-refractivity contribution in [2.24, 2.45) is 5.10 Å². The number of anilines is 1. The summed E-state index contributed by atoms with van der Waals surface area (Å²) in [5.74, 6) is 0. The second-order valence-electron chi connectivity index (χ2n) is 3.99. The van der Waals surface area contributed by atoms with Crippen molar-refractivity contribution >= 4 is 32.3 Å². The molecule has 8 heteroatoms. The summed E-state index contributed by atoms with van der Waals surface area (Å²) in [4.78, 5) is -0.190. The summed E-state index contributed by atoms with van der Waals surface area (Å²) in [5.41, 5.74) is 2.78. The van der Waals surface area contributed by atoms with Crippen LogP contribution in [0.5, 0.6) is 0 Å². The molecule has 0 aliphatic carbocycles. The van der Waals surface area contributed by atoms with E-state index in [1.54, 1.807) is 30.3 Å². The van der Waals surface area contributed by atoms with Crippen molar-refractivity contribution < 1.29 is 13.0 Å². The number of nitriles is 2. The van der Waals surface area contributed by atoms with E-state index in [1.165, 1.54) is 18.2 Å². The fraction of sp³-hybridized carbons (Fsp3) is 0. The molecule has 0 saturated heterocycles. The summed E-state index contributed by atoms with van der Waals surface area (Å²) in [5, 5.41) is 22.0. The van der Waals surface area contributed by atoms with Crippen LogP contribution >= 0.6 is 0 Å². The molecule has 2 rings (SSSR count). The number of rotatable bonds is 3. The number of benzene rings is 2. The Morgan fingerprint density at radius 1 is 1.10 bits per heavy atom. The Labute approximate surface area is 120 Å². The third-order valence-corrected chi connectivity index (χ3v) is 3.47. The summed E-state index contributed by atoms with van der Waals surface area (Å²) in [6.45, 7) is 0. The number of hydrogen-bond acceptors (Lipinski definition) is 6. The molecule has 7 nitrogen and oxygen atoms in total. The van der Waals surface area contributed by atoms with Crippen molar-refractivity contribution in [3.63, 3.8) is 0 Å². The minimum absolute atomic E-state index is 0.190. The van der Waals surface area contributed by atoms with Gasteiger partial charge in [0.25, 0.3) is 10.1 Å². The van der Waals surface area contributed by atoms with E-state index in [0.29, 0.717) is 16.5 Å². The molecule has 2 aromatic rings. The number of nitrogens with zero attached hydrogens (tertiary/aromatic N) is 3. The van der Waals surface area contributed by atoms with Crippen LogP contribution in [0.25, 0.3) is 10.8 Å². The van der Waals surface area contributed by atoms with Gasteiger partial charge in [-0.05, 0) is 35.0 Å². The maximum Gasteiger partial charge on any atom is 0.294 e. The Morgan fingerprint density at radius 3 is 2.33 bits per heavy atom. The first-order chi connectivity index (χ1) is 9.94. The third kappa shape index (κ3) is 3.34. The average molecular weight is 300 g/mol. The maximum atomic E-state index is 11.1. The first kappa shape index (κ1) is 14.5. The molecule has 0 aliphatic rings. The molecule has 21 heavy (non-hydrogen) atoms. The Balaban J connectivity index is 2.39. The van der Waals surface area contributed by atoms with Gasteiger partial charge in [0.2, 0.25) is 5.71 Å². The molecular formula is C13H8N4O3S. The summed E-state index contributed by atoms with van der Waals surface area (Å²) in [7, 11) is -4.24. The van der Waals surface area contributed by atoms with E-state index >= 15 is 0 Å². The number of nitrogens with one attached hydrogen (secondary N) is 1. The van der Waals surface area contributed by atoms with E-state index in [-0.39, 0.29) is 10.6 Å². The normalized spacial score (nSPS) is 10.4. The highest BCUT2D eigenvalue weighted by molar-refractivity contribution is 7.85. The number of fused-ring (bicyclic) bond motifs is 1. The minimum Gasteiger partial charge on any atom is -0.282 e. The predicted octanol–water partition coefficient (Wildman–Crippen LogP) is 1.90. The highest BCUT2D eigenvalue weighted by Crippen LogP contribution is 2.22. The summed E-state index contributed by atoms with van der Waals surface area (Å²) < 4.78 is 31.1. The van der Waals surface area contributed by atoms with Crippen LogP contribution in [0.15, 0.2) is 46.4 Å². The van der Waals surface area contributed by atoms with Gasteiger partial charge in [-0.1, -0.05) is 12.1 Å². The van der Waals surface area contributed by atoms with Crippen LogP contribution in [0.3, 0.4) is 0 Å². The van der Waals surface area contributed by atoms with Crippen LogP contribution in [0, 0.1) is 22.7 Å². The monoisotopic (exact) mass is 300 g/mol. The Morgan fingerprint density at radius 2 is 1.71 bits per heavy atom. The first-order valence-electron chi connectivity index (χ1n) is 5.59. The van der Waals surface area contributed by atoms with Crippen molar-refractivity contribution in [2.45, 2.75) is 4.90 Å². The van der Waals surface area contributed by atoms with Gasteiger partial charge in [-0.15, -0.1) is 0 Å². The maximum absolute atomic E-state index is 11.1. The molecule has 0 radical (unpaired) electrons. The van der Waals surface area contributed by atoms with Gasteiger partial charge in [-0.3, -0.25) is 9.98 Å². The zero-order chi connectivity index (χ0) is 15.5. The van der Waals surface area contributed by atoms with Crippen molar-refractivity contribution in [1.82, 2.24) is 0 Å². The molecule has 0 spiro atoms. The van der Waals surface area contributed by atoms with Gasteiger partial charge in [-0.2, -0.15) is 24.0 Å². The standard InChI is InChI=1S/C13H8N4O3S/c14-7-12(8-15)17-16-11-3-1-10-6-13(21(18,19)20)4-2-9(10)5-11/h1-6,16H,(H,18,19,20). The topological polar surface area (TPSA) is 126 Å². The highest BCUT2D eigenvalue weighted by Gasteiger charge is 2.09. The molecule has 0 fully saturated rings. The third-order valence-electron chi connectivity index (χ3n) is 2.62. The fourth-order valence-corrected chi connectivity index (χ4v) is 2.17. The first-order valence-corrected chi connectivity index (χ1v) is 7.03. The smallest absolute Gasteiger partial charge is 0.282 e. The van der Waals surface area contributed by atoms with Crippen LogP contribution in [0.4, 0.5) is 5.69 Å². The molecule has 0 aliphatic heterocycles. The number of hydrogen-bond donors (Lipinski definition) is 2. The molecule has 104 valence electrons. The summed E-state index contributed by atoms with van der Waals surface area (Å²) >= 11 is 0. The van der Waals surface area contributed by atoms with Gasteiger partial charge >= 0.3 is 0 Å². The van der Waals surface area contributed by atoms with Crippen LogP contribution in [-0.2, 0) is 10.1 Å². The summed E-state index contributed by atoms with van der Waals surface area (Å²) in [6.07, 6.45) is 0. The zero-order valence-corrected chi connectivity index (χ0v) is 11.3. The van der Waals surface area contributed by atoms with E-state index in [1.807, 2.05) is 0 Å². The highest BCUT2D eigenvalue weighted by atomic mass is 32.2. The number of hydrazone groups is 1. The molecule has 0 heterocycles. The van der Waals surface area contributed by atoms with E-state index in [9.17, 15) is 8.42 Å². The van der Waals surface area contributed by atoms with Gasteiger partial charge < -0.3 is 0 Å². The second kappa shape index (κ2) is 5.59. The van der Waals surface area contributed by atoms with Crippen LogP contribution in [0.1, 0.15) is 0 Å². The van der Waals surface area contributed by atoms with Gasteiger partial charge in [0, 0.05) is 0 Å². The Hall–Kier alpha value is -2.94. The lowest BCUT2D eigenvalue weighted by Crippen LogP contribution is -1.98. The van der Waals surface area contributed by atoms with E-state index < -0.39 is 10.1 Å². The van der Waals surface area contributed by atoms with Gasteiger partial charge in [-0.25, -0.2) is 0 Å². The van der Waals surface area contributed by atoms with E-state index in [4.69, 9.17) is 15.1 Å². The molecule has 0 unspecified atom stereocenters. The SMILES string of the molecule is N#CC(C#N)=NNc1ccc2cc(S(=O)(=O)O)ccc2c1. The average Bonchev–Trinajstić information content (AvgIpc) is 2.46. The van der Waals surface area contributed by atoms with Gasteiger partial charge in [0.1, 0.15) is 12.1 Å². The lowest BCUT2D eigenvalue weighted by Gasteiger charge is -2.04. The minimum atomic E-state index is -4.24. The van der Waals surface area contributed by atoms with Crippen molar-refractivity contribution in [3.8, 4) is 12.1 Å². The van der Waals surface area contributed by atoms with Crippen molar-refractivity contribution in [1.29, 1.82) is 10.5 Å². The lowest BCUT2D eigenvalue weighted by molar-refractivity contribution is 0.483. The van der Waals surface area contributed by atoms with Crippen LogP contribution < -0.4 is 5.43 Å².